The Morgan fingerprint density at radius 3 is 2.28 bits per heavy atom. The molecule has 0 bridgehead atoms. The zero-order valence-corrected chi connectivity index (χ0v) is 21.0. The number of nitrogens with one attached hydrogen (secondary N) is 2. The van der Waals surface area contributed by atoms with E-state index in [0.717, 1.165) is 70.5 Å². The first kappa shape index (κ1) is 24.7. The third-order valence-corrected chi connectivity index (χ3v) is 6.97. The SMILES string of the molecule is CN=C(NCCN1CCN(C(=O)C2CCC2)CC1)NCC1(CC(C)C)CCC1.I. The molecule has 2 N–H and O–H groups in total. The summed E-state index contributed by atoms with van der Waals surface area (Å²) in [5, 5.41) is 7.05. The van der Waals surface area contributed by atoms with Crippen LogP contribution in [0.5, 0.6) is 0 Å². The Morgan fingerprint density at radius 2 is 1.79 bits per heavy atom. The lowest BCUT2D eigenvalue weighted by molar-refractivity contribution is -0.139. The van der Waals surface area contributed by atoms with E-state index in [1.807, 2.05) is 7.05 Å². The summed E-state index contributed by atoms with van der Waals surface area (Å²) in [6.45, 7) is 11.3. The first-order valence-electron chi connectivity index (χ1n) is 11.5. The molecule has 1 amide bonds. The van der Waals surface area contributed by atoms with Crippen LogP contribution in [-0.4, -0.2) is 74.5 Å². The third-order valence-electron chi connectivity index (χ3n) is 6.97. The molecule has 0 radical (unpaired) electrons. The number of rotatable bonds is 8. The van der Waals surface area contributed by atoms with Gasteiger partial charge in [0.05, 0.1) is 0 Å². The molecule has 0 atom stereocenters. The topological polar surface area (TPSA) is 60.0 Å². The smallest absolute Gasteiger partial charge is 0.225 e. The van der Waals surface area contributed by atoms with Crippen LogP contribution in [0.3, 0.4) is 0 Å². The van der Waals surface area contributed by atoms with Gasteiger partial charge in [-0.3, -0.25) is 14.7 Å². The predicted octanol–water partition coefficient (Wildman–Crippen LogP) is 2.93. The third kappa shape index (κ3) is 6.97. The van der Waals surface area contributed by atoms with Gasteiger partial charge in [0.2, 0.25) is 5.91 Å². The number of carbonyl (C=O) groups is 1. The standard InChI is InChI=1S/C22H41N5O.HI/c1-18(2)16-22(8-5-9-22)17-25-21(23-3)24-10-11-26-12-14-27(15-13-26)20(28)19-6-4-7-19;/h18-19H,4-17H2,1-3H3,(H2,23,24,25);1H. The summed E-state index contributed by atoms with van der Waals surface area (Å²) >= 11 is 0. The van der Waals surface area contributed by atoms with Crippen LogP contribution in [0.4, 0.5) is 0 Å². The molecule has 0 unspecified atom stereocenters. The Labute approximate surface area is 194 Å². The van der Waals surface area contributed by atoms with E-state index in [1.54, 1.807) is 0 Å². The van der Waals surface area contributed by atoms with E-state index in [9.17, 15) is 4.79 Å². The van der Waals surface area contributed by atoms with Gasteiger partial charge in [0.25, 0.3) is 0 Å². The van der Waals surface area contributed by atoms with Crippen LogP contribution in [0.25, 0.3) is 0 Å². The largest absolute Gasteiger partial charge is 0.356 e. The number of hydrogen-bond donors (Lipinski definition) is 2. The van der Waals surface area contributed by atoms with Gasteiger partial charge >= 0.3 is 0 Å². The average Bonchev–Trinajstić information content (AvgIpc) is 2.60. The van der Waals surface area contributed by atoms with Crippen molar-refractivity contribution in [3.8, 4) is 0 Å². The summed E-state index contributed by atoms with van der Waals surface area (Å²) in [7, 11) is 1.86. The number of halogens is 1. The molecule has 1 heterocycles. The number of piperazine rings is 1. The summed E-state index contributed by atoms with van der Waals surface area (Å²) in [4.78, 5) is 21.3. The van der Waals surface area contributed by atoms with Crippen LogP contribution >= 0.6 is 24.0 Å². The van der Waals surface area contributed by atoms with Crippen LogP contribution in [0, 0.1) is 17.3 Å². The van der Waals surface area contributed by atoms with Crippen molar-refractivity contribution in [3.63, 3.8) is 0 Å². The molecule has 3 aliphatic rings. The average molecular weight is 520 g/mol. The van der Waals surface area contributed by atoms with Crippen molar-refractivity contribution in [3.05, 3.63) is 0 Å². The van der Waals surface area contributed by atoms with Gasteiger partial charge < -0.3 is 15.5 Å². The minimum atomic E-state index is 0. The highest BCUT2D eigenvalue weighted by molar-refractivity contribution is 14.0. The maximum Gasteiger partial charge on any atom is 0.225 e. The summed E-state index contributed by atoms with van der Waals surface area (Å²) in [6.07, 6.45) is 8.81. The van der Waals surface area contributed by atoms with Gasteiger partial charge in [0.1, 0.15) is 0 Å². The van der Waals surface area contributed by atoms with Gasteiger partial charge in [-0.1, -0.05) is 26.7 Å². The molecule has 1 aliphatic heterocycles. The van der Waals surface area contributed by atoms with Crippen molar-refractivity contribution in [2.45, 2.75) is 58.8 Å². The molecule has 2 saturated carbocycles. The Hall–Kier alpha value is -0.570. The predicted molar refractivity (Wildman–Crippen MR) is 131 cm³/mol. The Morgan fingerprint density at radius 1 is 1.10 bits per heavy atom. The number of carbonyl (C=O) groups excluding carboxylic acids is 1. The van der Waals surface area contributed by atoms with Crippen molar-refractivity contribution in [1.29, 1.82) is 0 Å². The lowest BCUT2D eigenvalue weighted by atomic mass is 9.64. The van der Waals surface area contributed by atoms with E-state index in [4.69, 9.17) is 0 Å². The Kier molecular flexibility index (Phi) is 9.98. The van der Waals surface area contributed by atoms with Crippen LogP contribution < -0.4 is 10.6 Å². The number of guanidine groups is 1. The first-order chi connectivity index (χ1) is 13.5. The normalized spacial score (nSPS) is 22.5. The zero-order valence-electron chi connectivity index (χ0n) is 18.7. The molecule has 6 nitrogen and oxygen atoms in total. The molecule has 2 aliphatic carbocycles. The van der Waals surface area contributed by atoms with Crippen LogP contribution in [0.2, 0.25) is 0 Å². The number of hydrogen-bond acceptors (Lipinski definition) is 3. The van der Waals surface area contributed by atoms with Gasteiger partial charge in [-0.2, -0.15) is 0 Å². The van der Waals surface area contributed by atoms with Crippen LogP contribution in [0.15, 0.2) is 4.99 Å². The quantitative estimate of drug-likeness (QED) is 0.294. The number of amides is 1. The molecular formula is C22H42IN5O. The molecule has 0 spiro atoms. The van der Waals surface area contributed by atoms with E-state index >= 15 is 0 Å². The van der Waals surface area contributed by atoms with Gasteiger partial charge in [0.15, 0.2) is 5.96 Å². The monoisotopic (exact) mass is 519 g/mol. The Balaban J connectivity index is 0.00000300. The molecule has 0 aromatic rings. The van der Waals surface area contributed by atoms with Crippen molar-refractivity contribution in [2.75, 3.05) is 52.9 Å². The second kappa shape index (κ2) is 11.7. The van der Waals surface area contributed by atoms with Crippen molar-refractivity contribution >= 4 is 35.8 Å². The summed E-state index contributed by atoms with van der Waals surface area (Å²) in [6, 6.07) is 0. The number of aliphatic imine (C=N–C) groups is 1. The maximum absolute atomic E-state index is 12.3. The minimum absolute atomic E-state index is 0. The fourth-order valence-corrected chi connectivity index (χ4v) is 4.93. The molecule has 7 heteroatoms. The van der Waals surface area contributed by atoms with Gasteiger partial charge in [-0.05, 0) is 43.4 Å². The first-order valence-corrected chi connectivity index (χ1v) is 11.5. The minimum Gasteiger partial charge on any atom is -0.356 e. The molecule has 168 valence electrons. The number of nitrogens with zero attached hydrogens (tertiary/aromatic N) is 3. The molecule has 0 aromatic carbocycles. The summed E-state index contributed by atoms with van der Waals surface area (Å²) in [5.74, 6) is 2.41. The van der Waals surface area contributed by atoms with Crippen molar-refractivity contribution in [2.24, 2.45) is 22.2 Å². The molecular weight excluding hydrogens is 477 g/mol. The Bertz CT molecular complexity index is 537. The van der Waals surface area contributed by atoms with Gasteiger partial charge in [0, 0.05) is 58.8 Å². The van der Waals surface area contributed by atoms with Crippen LogP contribution in [0.1, 0.15) is 58.8 Å². The van der Waals surface area contributed by atoms with E-state index in [-0.39, 0.29) is 24.0 Å². The van der Waals surface area contributed by atoms with Crippen molar-refractivity contribution in [1.82, 2.24) is 20.4 Å². The molecule has 1 saturated heterocycles. The fourth-order valence-electron chi connectivity index (χ4n) is 4.93. The lowest BCUT2D eigenvalue weighted by Crippen LogP contribution is -2.53. The summed E-state index contributed by atoms with van der Waals surface area (Å²) in [5.41, 5.74) is 0.481. The zero-order chi connectivity index (χ0) is 20.0. The maximum atomic E-state index is 12.3. The fraction of sp³-hybridized carbons (Fsp3) is 0.909. The molecule has 0 aromatic heterocycles. The van der Waals surface area contributed by atoms with Crippen molar-refractivity contribution < 1.29 is 4.79 Å². The second-order valence-electron chi connectivity index (χ2n) is 9.60. The van der Waals surface area contributed by atoms with E-state index in [0.29, 0.717) is 17.2 Å². The van der Waals surface area contributed by atoms with Gasteiger partial charge in [-0.15, -0.1) is 24.0 Å². The lowest BCUT2D eigenvalue weighted by Gasteiger charge is -2.43. The second-order valence-corrected chi connectivity index (χ2v) is 9.60. The highest BCUT2D eigenvalue weighted by Gasteiger charge is 2.37. The van der Waals surface area contributed by atoms with E-state index in [1.165, 1.54) is 32.1 Å². The molecule has 29 heavy (non-hydrogen) atoms. The summed E-state index contributed by atoms with van der Waals surface area (Å²) < 4.78 is 0. The molecule has 3 rings (SSSR count). The van der Waals surface area contributed by atoms with E-state index in [2.05, 4.69) is 39.3 Å². The van der Waals surface area contributed by atoms with Gasteiger partial charge in [-0.25, -0.2) is 0 Å². The van der Waals surface area contributed by atoms with Crippen LogP contribution in [-0.2, 0) is 4.79 Å². The highest BCUT2D eigenvalue weighted by atomic mass is 127. The highest BCUT2D eigenvalue weighted by Crippen LogP contribution is 2.45. The molecule has 3 fully saturated rings. The van der Waals surface area contributed by atoms with E-state index < -0.39 is 0 Å².